The lowest BCUT2D eigenvalue weighted by molar-refractivity contribution is -0.360. The average molecular weight is 360 g/mol. The van der Waals surface area contributed by atoms with Gasteiger partial charge in [0.25, 0.3) is 0 Å². The molecule has 130 valence electrons. The summed E-state index contributed by atoms with van der Waals surface area (Å²) in [5.74, 6) is -0.850. The average Bonchev–Trinajstić information content (AvgIpc) is 2.43. The second-order valence-corrected chi connectivity index (χ2v) is 5.70. The topological polar surface area (TPSA) is 66.8 Å². The molecule has 0 saturated heterocycles. The highest BCUT2D eigenvalue weighted by atomic mass is 32.2. The Bertz CT molecular complexity index is 532. The molecule has 0 radical (unpaired) electrons. The van der Waals surface area contributed by atoms with Crippen LogP contribution in [0.2, 0.25) is 0 Å². The van der Waals surface area contributed by atoms with E-state index in [1.165, 1.54) is 6.92 Å². The van der Waals surface area contributed by atoms with E-state index in [0.29, 0.717) is 0 Å². The van der Waals surface area contributed by atoms with Crippen molar-refractivity contribution in [2.24, 2.45) is 0 Å². The summed E-state index contributed by atoms with van der Waals surface area (Å²) in [6, 6.07) is 3.69. The second-order valence-electron chi connectivity index (χ2n) is 4.50. The predicted molar refractivity (Wildman–Crippen MR) is 72.2 cm³/mol. The standard InChI is InChI=1S/C13H13F5O4S/c1-7(19)23-6-10(20)11(21)8-2-4-9(5-3-8)22-13(17,18)12(14,15)16/h2-5,10-11,20-21H,6H2,1H3. The molecule has 0 heterocycles. The van der Waals surface area contributed by atoms with Gasteiger partial charge in [-0.2, -0.15) is 22.0 Å². The lowest BCUT2D eigenvalue weighted by atomic mass is 10.1. The molecule has 2 unspecified atom stereocenters. The van der Waals surface area contributed by atoms with Gasteiger partial charge in [0.1, 0.15) is 11.9 Å². The lowest BCUT2D eigenvalue weighted by Gasteiger charge is -2.21. The van der Waals surface area contributed by atoms with Crippen molar-refractivity contribution in [1.29, 1.82) is 0 Å². The molecule has 0 aliphatic carbocycles. The molecule has 1 aromatic carbocycles. The Morgan fingerprint density at radius 1 is 1.17 bits per heavy atom. The molecule has 2 N–H and O–H groups in total. The Balaban J connectivity index is 2.74. The van der Waals surface area contributed by atoms with Crippen LogP contribution in [0, 0.1) is 0 Å². The van der Waals surface area contributed by atoms with Crippen LogP contribution in [-0.2, 0) is 4.79 Å². The Kier molecular flexibility index (Phi) is 6.37. The Labute approximate surface area is 132 Å². The largest absolute Gasteiger partial charge is 0.499 e. The number of alkyl halides is 5. The fourth-order valence-electron chi connectivity index (χ4n) is 1.45. The van der Waals surface area contributed by atoms with Crippen molar-refractivity contribution < 1.29 is 41.7 Å². The van der Waals surface area contributed by atoms with Crippen LogP contribution >= 0.6 is 11.8 Å². The summed E-state index contributed by atoms with van der Waals surface area (Å²) in [4.78, 5) is 10.8. The Morgan fingerprint density at radius 2 is 1.70 bits per heavy atom. The third kappa shape index (κ3) is 5.63. The number of thioether (sulfide) groups is 1. The number of halogens is 5. The van der Waals surface area contributed by atoms with Crippen molar-refractivity contribution in [1.82, 2.24) is 0 Å². The monoisotopic (exact) mass is 360 g/mol. The number of hydrogen-bond acceptors (Lipinski definition) is 5. The molecule has 0 amide bonds. The number of carbonyl (C=O) groups excluding carboxylic acids is 1. The summed E-state index contributed by atoms with van der Waals surface area (Å²) in [6.45, 7) is 1.27. The maximum Gasteiger partial charge on any atom is 0.499 e. The lowest BCUT2D eigenvalue weighted by Crippen LogP contribution is -2.41. The second kappa shape index (κ2) is 7.45. The highest BCUT2D eigenvalue weighted by Gasteiger charge is 2.61. The molecule has 0 aliphatic rings. The summed E-state index contributed by atoms with van der Waals surface area (Å²) in [6.07, 6.45) is -13.9. The van der Waals surface area contributed by atoms with E-state index in [4.69, 9.17) is 0 Å². The van der Waals surface area contributed by atoms with Crippen molar-refractivity contribution in [2.45, 2.75) is 31.4 Å². The summed E-state index contributed by atoms with van der Waals surface area (Å²) < 4.78 is 65.0. The van der Waals surface area contributed by atoms with Gasteiger partial charge in [0.05, 0.1) is 6.10 Å². The van der Waals surface area contributed by atoms with Gasteiger partial charge in [-0.05, 0) is 17.7 Å². The molecule has 0 aromatic heterocycles. The molecule has 0 bridgehead atoms. The fourth-order valence-corrected chi connectivity index (χ4v) is 2.04. The van der Waals surface area contributed by atoms with Gasteiger partial charge in [-0.15, -0.1) is 0 Å². The molecule has 0 spiro atoms. The normalized spacial score (nSPS) is 15.1. The molecule has 4 nitrogen and oxygen atoms in total. The van der Waals surface area contributed by atoms with E-state index in [2.05, 4.69) is 4.74 Å². The summed E-state index contributed by atoms with van der Waals surface area (Å²) in [7, 11) is 0. The van der Waals surface area contributed by atoms with E-state index >= 15 is 0 Å². The third-order valence-corrected chi connectivity index (χ3v) is 3.53. The maximum atomic E-state index is 12.7. The zero-order chi connectivity index (χ0) is 17.8. The Morgan fingerprint density at radius 3 is 2.13 bits per heavy atom. The van der Waals surface area contributed by atoms with Crippen LogP contribution in [0.3, 0.4) is 0 Å². The first kappa shape index (κ1) is 19.7. The van der Waals surface area contributed by atoms with Crippen molar-refractivity contribution in [3.8, 4) is 5.75 Å². The van der Waals surface area contributed by atoms with Crippen molar-refractivity contribution in [3.05, 3.63) is 29.8 Å². The SMILES string of the molecule is CC(=O)SCC(O)C(O)c1ccc(OC(F)(F)C(F)(F)F)cc1. The number of aliphatic hydroxyl groups is 2. The molecule has 1 aromatic rings. The van der Waals surface area contributed by atoms with Crippen LogP contribution in [-0.4, -0.2) is 39.5 Å². The van der Waals surface area contributed by atoms with Gasteiger partial charge in [-0.3, -0.25) is 4.79 Å². The van der Waals surface area contributed by atoms with Gasteiger partial charge in [0.2, 0.25) is 0 Å². The molecule has 23 heavy (non-hydrogen) atoms. The smallest absolute Gasteiger partial charge is 0.426 e. The van der Waals surface area contributed by atoms with Gasteiger partial charge < -0.3 is 14.9 Å². The molecule has 1 rings (SSSR count). The quantitative estimate of drug-likeness (QED) is 0.764. The number of carbonyl (C=O) groups is 1. The van der Waals surface area contributed by atoms with Crippen molar-refractivity contribution in [3.63, 3.8) is 0 Å². The van der Waals surface area contributed by atoms with Gasteiger partial charge in [0.15, 0.2) is 5.12 Å². The molecular formula is C13H13F5O4S. The first-order valence-corrected chi connectivity index (χ1v) is 7.15. The van der Waals surface area contributed by atoms with Crippen LogP contribution in [0.4, 0.5) is 22.0 Å². The first-order chi connectivity index (χ1) is 10.4. The molecule has 0 saturated carbocycles. The van der Waals surface area contributed by atoms with E-state index in [9.17, 15) is 37.0 Å². The highest BCUT2D eigenvalue weighted by Crippen LogP contribution is 2.37. The van der Waals surface area contributed by atoms with Crippen LogP contribution in [0.1, 0.15) is 18.6 Å². The van der Waals surface area contributed by atoms with E-state index in [0.717, 1.165) is 36.0 Å². The highest BCUT2D eigenvalue weighted by molar-refractivity contribution is 8.13. The van der Waals surface area contributed by atoms with Gasteiger partial charge in [-0.1, -0.05) is 23.9 Å². The molecule has 0 aliphatic heterocycles. The summed E-state index contributed by atoms with van der Waals surface area (Å²) >= 11 is 0.778. The third-order valence-electron chi connectivity index (χ3n) is 2.62. The minimum atomic E-state index is -5.86. The van der Waals surface area contributed by atoms with Gasteiger partial charge >= 0.3 is 12.3 Å². The van der Waals surface area contributed by atoms with E-state index < -0.39 is 30.2 Å². The zero-order valence-corrected chi connectivity index (χ0v) is 12.5. The van der Waals surface area contributed by atoms with Gasteiger partial charge in [0, 0.05) is 12.7 Å². The number of ether oxygens (including phenoxy) is 1. The van der Waals surface area contributed by atoms with Gasteiger partial charge in [-0.25, -0.2) is 0 Å². The number of benzene rings is 1. The zero-order valence-electron chi connectivity index (χ0n) is 11.7. The van der Waals surface area contributed by atoms with E-state index in [-0.39, 0.29) is 16.4 Å². The van der Waals surface area contributed by atoms with E-state index in [1.54, 1.807) is 0 Å². The van der Waals surface area contributed by atoms with Crippen LogP contribution in [0.15, 0.2) is 24.3 Å². The number of rotatable bonds is 6. The van der Waals surface area contributed by atoms with Crippen LogP contribution < -0.4 is 4.74 Å². The molecule has 0 fully saturated rings. The van der Waals surface area contributed by atoms with Crippen LogP contribution in [0.25, 0.3) is 0 Å². The van der Waals surface area contributed by atoms with Crippen molar-refractivity contribution in [2.75, 3.05) is 5.75 Å². The molecular weight excluding hydrogens is 347 g/mol. The minimum absolute atomic E-state index is 0.0735. The molecule has 2 atom stereocenters. The molecule has 10 heteroatoms. The first-order valence-electron chi connectivity index (χ1n) is 6.17. The van der Waals surface area contributed by atoms with E-state index in [1.807, 2.05) is 0 Å². The minimum Gasteiger partial charge on any atom is -0.426 e. The number of aliphatic hydroxyl groups excluding tert-OH is 2. The number of hydrogen-bond donors (Lipinski definition) is 2. The summed E-state index contributed by atoms with van der Waals surface area (Å²) in [5, 5.41) is 19.2. The fraction of sp³-hybridized carbons (Fsp3) is 0.462. The Hall–Kier alpha value is -1.39. The predicted octanol–water partition coefficient (Wildman–Crippen LogP) is 2.89. The van der Waals surface area contributed by atoms with Crippen molar-refractivity contribution >= 4 is 16.9 Å². The summed E-state index contributed by atoms with van der Waals surface area (Å²) in [5.41, 5.74) is 0.0735. The van der Waals surface area contributed by atoms with Crippen LogP contribution in [0.5, 0.6) is 5.75 Å². The maximum absolute atomic E-state index is 12.7.